The number of ketones is 1. The molecular weight excluding hydrogens is 432 g/mol. The summed E-state index contributed by atoms with van der Waals surface area (Å²) in [5, 5.41) is 5.66. The van der Waals surface area contributed by atoms with Crippen molar-refractivity contribution in [3.05, 3.63) is 77.5 Å². The Morgan fingerprint density at radius 3 is 2.41 bits per heavy atom. The molecule has 0 aliphatic carbocycles. The molecule has 0 bridgehead atoms. The molecule has 0 saturated heterocycles. The number of hydrogen-bond acceptors (Lipinski definition) is 6. The number of nitrogens with zero attached hydrogens (tertiary/aromatic N) is 1. The molecule has 4 rings (SSSR count). The van der Waals surface area contributed by atoms with Crippen LogP contribution in [0, 0.1) is 0 Å². The molecule has 0 fully saturated rings. The van der Waals surface area contributed by atoms with Crippen LogP contribution < -0.4 is 19.7 Å². The molecule has 1 aliphatic heterocycles. The van der Waals surface area contributed by atoms with Crippen LogP contribution in [-0.4, -0.2) is 39.2 Å². The number of fused-ring (bicyclic) bond motifs is 2. The van der Waals surface area contributed by atoms with E-state index in [9.17, 15) is 9.59 Å². The molecular formula is C27H28N2O5. The lowest BCUT2D eigenvalue weighted by Crippen LogP contribution is -2.46. The SMILES string of the molecule is COC(=O)N1c2cc(OC)c(OC)cc2C(=O)/C(=C/NC(C)c2cccc3ccccc23)C1C. The van der Waals surface area contributed by atoms with Crippen LogP contribution in [0.1, 0.15) is 35.8 Å². The zero-order valence-corrected chi connectivity index (χ0v) is 19.9. The normalized spacial score (nSPS) is 17.3. The van der Waals surface area contributed by atoms with Gasteiger partial charge in [0.1, 0.15) is 0 Å². The highest BCUT2D eigenvalue weighted by Gasteiger charge is 2.38. The number of benzene rings is 3. The van der Waals surface area contributed by atoms with Gasteiger partial charge in [-0.15, -0.1) is 0 Å². The average molecular weight is 461 g/mol. The molecule has 34 heavy (non-hydrogen) atoms. The second kappa shape index (κ2) is 9.47. The van der Waals surface area contributed by atoms with Crippen molar-refractivity contribution in [2.45, 2.75) is 25.9 Å². The summed E-state index contributed by atoms with van der Waals surface area (Å²) in [6.07, 6.45) is 1.14. The van der Waals surface area contributed by atoms with Crippen LogP contribution in [0.5, 0.6) is 11.5 Å². The first-order chi connectivity index (χ1) is 16.4. The Hall–Kier alpha value is -4.00. The van der Waals surface area contributed by atoms with E-state index in [1.165, 1.54) is 26.2 Å². The smallest absolute Gasteiger partial charge is 0.414 e. The lowest BCUT2D eigenvalue weighted by molar-refractivity contribution is 0.102. The Bertz CT molecular complexity index is 1280. The van der Waals surface area contributed by atoms with Crippen LogP contribution >= 0.6 is 0 Å². The number of ether oxygens (including phenoxy) is 3. The molecule has 7 heteroatoms. The van der Waals surface area contributed by atoms with Gasteiger partial charge in [0.25, 0.3) is 0 Å². The van der Waals surface area contributed by atoms with E-state index in [4.69, 9.17) is 14.2 Å². The Morgan fingerprint density at radius 1 is 1.03 bits per heavy atom. The number of carbonyl (C=O) groups is 2. The van der Waals surface area contributed by atoms with E-state index >= 15 is 0 Å². The summed E-state index contributed by atoms with van der Waals surface area (Å²) in [4.78, 5) is 27.7. The molecule has 1 heterocycles. The standard InChI is InChI=1S/C27H28N2O5/c1-16(19-12-8-10-18-9-6-7-11-20(18)19)28-15-22-17(2)29(27(31)34-5)23-14-25(33-4)24(32-3)13-21(23)26(22)30/h6-17,28H,1-5H3/b22-15+. The van der Waals surface area contributed by atoms with E-state index in [0.29, 0.717) is 28.3 Å². The highest BCUT2D eigenvalue weighted by molar-refractivity contribution is 6.18. The first-order valence-corrected chi connectivity index (χ1v) is 11.0. The van der Waals surface area contributed by atoms with Gasteiger partial charge in [-0.25, -0.2) is 4.79 Å². The predicted octanol–water partition coefficient (Wildman–Crippen LogP) is 5.25. The van der Waals surface area contributed by atoms with E-state index in [-0.39, 0.29) is 11.8 Å². The van der Waals surface area contributed by atoms with Gasteiger partial charge < -0.3 is 19.5 Å². The number of carbonyl (C=O) groups excluding carboxylic acids is 2. The Morgan fingerprint density at radius 2 is 1.71 bits per heavy atom. The number of hydrogen-bond donors (Lipinski definition) is 1. The van der Waals surface area contributed by atoms with Gasteiger partial charge in [0.2, 0.25) is 0 Å². The van der Waals surface area contributed by atoms with Crippen molar-refractivity contribution in [2.24, 2.45) is 0 Å². The monoisotopic (exact) mass is 460 g/mol. The van der Waals surface area contributed by atoms with Gasteiger partial charge >= 0.3 is 6.09 Å². The maximum atomic E-state index is 13.5. The van der Waals surface area contributed by atoms with Crippen molar-refractivity contribution in [1.29, 1.82) is 0 Å². The average Bonchev–Trinajstić information content (AvgIpc) is 2.87. The molecule has 0 aromatic heterocycles. The minimum Gasteiger partial charge on any atom is -0.493 e. The largest absolute Gasteiger partial charge is 0.493 e. The van der Waals surface area contributed by atoms with E-state index < -0.39 is 12.1 Å². The molecule has 7 nitrogen and oxygen atoms in total. The summed E-state index contributed by atoms with van der Waals surface area (Å²) >= 11 is 0. The maximum Gasteiger partial charge on any atom is 0.414 e. The molecule has 1 aliphatic rings. The van der Waals surface area contributed by atoms with Crippen LogP contribution in [0.2, 0.25) is 0 Å². The fourth-order valence-electron chi connectivity index (χ4n) is 4.42. The van der Waals surface area contributed by atoms with Gasteiger partial charge in [-0.2, -0.15) is 0 Å². The third kappa shape index (κ3) is 3.94. The number of rotatable bonds is 5. The summed E-state index contributed by atoms with van der Waals surface area (Å²) in [5.74, 6) is 0.636. The summed E-state index contributed by atoms with van der Waals surface area (Å²) in [7, 11) is 4.32. The molecule has 0 spiro atoms. The van der Waals surface area contributed by atoms with Gasteiger partial charge in [0.05, 0.1) is 38.6 Å². The topological polar surface area (TPSA) is 77.1 Å². The second-order valence-electron chi connectivity index (χ2n) is 8.13. The van der Waals surface area contributed by atoms with Crippen molar-refractivity contribution in [1.82, 2.24) is 5.32 Å². The number of Topliss-reactive ketones (excluding diaryl/α,β-unsaturated/α-hetero) is 1. The third-order valence-electron chi connectivity index (χ3n) is 6.26. The highest BCUT2D eigenvalue weighted by atomic mass is 16.5. The summed E-state index contributed by atoms with van der Waals surface area (Å²) in [6, 6.07) is 16.9. The summed E-state index contributed by atoms with van der Waals surface area (Å²) in [6.45, 7) is 3.83. The summed E-state index contributed by atoms with van der Waals surface area (Å²) in [5.41, 5.74) is 2.31. The maximum absolute atomic E-state index is 13.5. The minimum atomic E-state index is -0.568. The van der Waals surface area contributed by atoms with Crippen molar-refractivity contribution in [2.75, 3.05) is 26.2 Å². The zero-order chi connectivity index (χ0) is 24.4. The molecule has 0 saturated carbocycles. The Labute approximate surface area is 198 Å². The van der Waals surface area contributed by atoms with E-state index in [2.05, 4.69) is 29.6 Å². The molecule has 2 unspecified atom stereocenters. The van der Waals surface area contributed by atoms with E-state index in [1.54, 1.807) is 25.3 Å². The van der Waals surface area contributed by atoms with Crippen molar-refractivity contribution < 1.29 is 23.8 Å². The van der Waals surface area contributed by atoms with Crippen LogP contribution in [0.3, 0.4) is 0 Å². The van der Waals surface area contributed by atoms with Crippen LogP contribution in [0.25, 0.3) is 10.8 Å². The number of nitrogens with one attached hydrogen (secondary N) is 1. The van der Waals surface area contributed by atoms with E-state index in [0.717, 1.165) is 16.3 Å². The first-order valence-electron chi connectivity index (χ1n) is 11.0. The molecule has 176 valence electrons. The van der Waals surface area contributed by atoms with Gasteiger partial charge in [-0.1, -0.05) is 42.5 Å². The fraction of sp³-hybridized carbons (Fsp3) is 0.259. The van der Waals surface area contributed by atoms with Crippen LogP contribution in [-0.2, 0) is 4.74 Å². The van der Waals surface area contributed by atoms with Gasteiger partial charge in [0.15, 0.2) is 17.3 Å². The Balaban J connectivity index is 1.75. The highest BCUT2D eigenvalue weighted by Crippen LogP contribution is 2.41. The minimum absolute atomic E-state index is 0.0722. The summed E-state index contributed by atoms with van der Waals surface area (Å²) < 4.78 is 15.8. The van der Waals surface area contributed by atoms with Crippen molar-refractivity contribution >= 4 is 28.3 Å². The van der Waals surface area contributed by atoms with Gasteiger partial charge in [-0.05, 0) is 36.2 Å². The zero-order valence-electron chi connectivity index (χ0n) is 19.9. The van der Waals surface area contributed by atoms with Crippen molar-refractivity contribution in [3.63, 3.8) is 0 Å². The first kappa shape index (κ1) is 23.2. The van der Waals surface area contributed by atoms with Crippen molar-refractivity contribution in [3.8, 4) is 11.5 Å². The van der Waals surface area contributed by atoms with Crippen LogP contribution in [0.15, 0.2) is 66.4 Å². The van der Waals surface area contributed by atoms with E-state index in [1.807, 2.05) is 25.1 Å². The molecule has 2 atom stereocenters. The number of methoxy groups -OCH3 is 3. The Kier molecular flexibility index (Phi) is 6.45. The second-order valence-corrected chi connectivity index (χ2v) is 8.13. The number of anilines is 1. The fourth-order valence-corrected chi connectivity index (χ4v) is 4.42. The molecule has 1 N–H and O–H groups in total. The molecule has 3 aromatic carbocycles. The molecule has 1 amide bonds. The third-order valence-corrected chi connectivity index (χ3v) is 6.26. The van der Waals surface area contributed by atoms with Gasteiger partial charge in [-0.3, -0.25) is 9.69 Å². The molecule has 3 aromatic rings. The lowest BCUT2D eigenvalue weighted by Gasteiger charge is -2.35. The number of amides is 1. The quantitative estimate of drug-likeness (QED) is 0.524. The predicted molar refractivity (Wildman–Crippen MR) is 132 cm³/mol. The van der Waals surface area contributed by atoms with Gasteiger partial charge in [0, 0.05) is 23.9 Å². The molecule has 0 radical (unpaired) electrons. The lowest BCUT2D eigenvalue weighted by atomic mass is 9.90. The van der Waals surface area contributed by atoms with Crippen LogP contribution in [0.4, 0.5) is 10.5 Å².